The molecule has 15 heavy (non-hydrogen) atoms. The number of aliphatic hydroxyl groups is 1. The zero-order chi connectivity index (χ0) is 10.9. The van der Waals surface area contributed by atoms with Crippen molar-refractivity contribution in [3.05, 3.63) is 0 Å². The van der Waals surface area contributed by atoms with E-state index >= 15 is 0 Å². The summed E-state index contributed by atoms with van der Waals surface area (Å²) < 4.78 is 5.48. The molecule has 2 fully saturated rings. The van der Waals surface area contributed by atoms with Crippen LogP contribution < -0.4 is 5.32 Å². The molecule has 2 bridgehead atoms. The second kappa shape index (κ2) is 4.40. The van der Waals surface area contributed by atoms with Crippen molar-refractivity contribution in [2.75, 3.05) is 13.2 Å². The zero-order valence-electron chi connectivity index (χ0n) is 9.83. The average Bonchev–Trinajstić information content (AvgIpc) is 2.14. The van der Waals surface area contributed by atoms with E-state index in [1.807, 2.05) is 0 Å². The molecule has 2 rings (SSSR count). The summed E-state index contributed by atoms with van der Waals surface area (Å²) in [6.45, 7) is 5.96. The topological polar surface area (TPSA) is 41.5 Å². The summed E-state index contributed by atoms with van der Waals surface area (Å²) in [6.07, 6.45) is 3.78. The number of morpholine rings is 1. The molecule has 2 aliphatic heterocycles. The summed E-state index contributed by atoms with van der Waals surface area (Å²) in [5, 5.41) is 14.0. The molecule has 2 atom stereocenters. The summed E-state index contributed by atoms with van der Waals surface area (Å²) >= 11 is 0. The summed E-state index contributed by atoms with van der Waals surface area (Å²) in [4.78, 5) is 0. The minimum Gasteiger partial charge on any atom is -0.390 e. The van der Waals surface area contributed by atoms with Gasteiger partial charge in [-0.05, 0) is 31.6 Å². The lowest BCUT2D eigenvalue weighted by Gasteiger charge is -2.45. The molecule has 0 aromatic heterocycles. The van der Waals surface area contributed by atoms with E-state index in [0.717, 1.165) is 38.9 Å². The summed E-state index contributed by atoms with van der Waals surface area (Å²) in [7, 11) is 0. The van der Waals surface area contributed by atoms with Gasteiger partial charge in [-0.2, -0.15) is 0 Å². The Morgan fingerprint density at radius 1 is 1.33 bits per heavy atom. The van der Waals surface area contributed by atoms with Crippen molar-refractivity contribution in [1.82, 2.24) is 5.32 Å². The van der Waals surface area contributed by atoms with E-state index in [9.17, 15) is 5.11 Å². The molecule has 0 aromatic rings. The van der Waals surface area contributed by atoms with Crippen LogP contribution in [-0.2, 0) is 4.74 Å². The van der Waals surface area contributed by atoms with Crippen molar-refractivity contribution in [3.8, 4) is 0 Å². The highest BCUT2D eigenvalue weighted by molar-refractivity contribution is 4.97. The highest BCUT2D eigenvalue weighted by Crippen LogP contribution is 2.32. The van der Waals surface area contributed by atoms with Gasteiger partial charge in [0, 0.05) is 12.1 Å². The molecule has 0 aliphatic carbocycles. The van der Waals surface area contributed by atoms with Crippen LogP contribution in [0.2, 0.25) is 0 Å². The standard InChI is InChI=1S/C12H23NO2/c1-9(2)3-4-12(14)5-10-7-15-8-11(6-12)13-10/h9-11,13-14H,3-8H2,1-2H3. The number of fused-ring (bicyclic) bond motifs is 2. The first-order valence-electron chi connectivity index (χ1n) is 6.13. The van der Waals surface area contributed by atoms with Gasteiger partial charge in [0.1, 0.15) is 0 Å². The molecule has 0 aromatic carbocycles. The van der Waals surface area contributed by atoms with E-state index in [1.165, 1.54) is 0 Å². The lowest BCUT2D eigenvalue weighted by Crippen LogP contribution is -2.59. The Labute approximate surface area is 92.2 Å². The molecule has 0 radical (unpaired) electrons. The number of hydrogen-bond donors (Lipinski definition) is 2. The van der Waals surface area contributed by atoms with E-state index in [1.54, 1.807) is 0 Å². The third-order valence-corrected chi connectivity index (χ3v) is 3.55. The van der Waals surface area contributed by atoms with Crippen molar-refractivity contribution in [2.24, 2.45) is 5.92 Å². The normalized spacial score (nSPS) is 40.8. The van der Waals surface area contributed by atoms with Crippen LogP contribution in [0.5, 0.6) is 0 Å². The van der Waals surface area contributed by atoms with Gasteiger partial charge in [0.25, 0.3) is 0 Å². The maximum absolute atomic E-state index is 10.5. The largest absolute Gasteiger partial charge is 0.390 e. The van der Waals surface area contributed by atoms with Gasteiger partial charge in [0.15, 0.2) is 0 Å². The second-order valence-electron chi connectivity index (χ2n) is 5.66. The number of hydrogen-bond acceptors (Lipinski definition) is 3. The van der Waals surface area contributed by atoms with Crippen molar-refractivity contribution in [1.29, 1.82) is 0 Å². The summed E-state index contributed by atoms with van der Waals surface area (Å²) in [6, 6.07) is 0.740. The van der Waals surface area contributed by atoms with E-state index < -0.39 is 5.60 Å². The SMILES string of the molecule is CC(C)CCC1(O)CC2COCC(C1)N2. The maximum Gasteiger partial charge on any atom is 0.0679 e. The second-order valence-corrected chi connectivity index (χ2v) is 5.66. The number of nitrogens with one attached hydrogen (secondary N) is 1. The molecule has 3 heteroatoms. The Balaban J connectivity index is 1.90. The molecule has 3 nitrogen and oxygen atoms in total. The molecule has 2 aliphatic rings. The van der Waals surface area contributed by atoms with Gasteiger partial charge in [-0.25, -0.2) is 0 Å². The summed E-state index contributed by atoms with van der Waals surface area (Å²) in [5.41, 5.74) is -0.436. The smallest absolute Gasteiger partial charge is 0.0679 e. The molecule has 2 N–H and O–H groups in total. The highest BCUT2D eigenvalue weighted by atomic mass is 16.5. The van der Waals surface area contributed by atoms with Gasteiger partial charge in [0.2, 0.25) is 0 Å². The molecule has 88 valence electrons. The Kier molecular flexibility index (Phi) is 3.33. The first-order chi connectivity index (χ1) is 7.07. The number of piperidine rings is 1. The third-order valence-electron chi connectivity index (χ3n) is 3.55. The van der Waals surface area contributed by atoms with E-state index in [2.05, 4.69) is 19.2 Å². The van der Waals surface area contributed by atoms with E-state index in [0.29, 0.717) is 18.0 Å². The van der Waals surface area contributed by atoms with Gasteiger partial charge in [-0.1, -0.05) is 13.8 Å². The number of rotatable bonds is 3. The van der Waals surface area contributed by atoms with Crippen molar-refractivity contribution < 1.29 is 9.84 Å². The van der Waals surface area contributed by atoms with Crippen LogP contribution in [0.15, 0.2) is 0 Å². The van der Waals surface area contributed by atoms with Gasteiger partial charge in [-0.15, -0.1) is 0 Å². The summed E-state index contributed by atoms with van der Waals surface area (Å²) in [5.74, 6) is 0.681. The van der Waals surface area contributed by atoms with Crippen molar-refractivity contribution in [2.45, 2.75) is 57.2 Å². The monoisotopic (exact) mass is 213 g/mol. The number of ether oxygens (including phenoxy) is 1. The van der Waals surface area contributed by atoms with E-state index in [-0.39, 0.29) is 0 Å². The third kappa shape index (κ3) is 2.92. The average molecular weight is 213 g/mol. The van der Waals surface area contributed by atoms with Gasteiger partial charge in [0.05, 0.1) is 18.8 Å². The van der Waals surface area contributed by atoms with Crippen LogP contribution >= 0.6 is 0 Å². The molecule has 2 saturated heterocycles. The highest BCUT2D eigenvalue weighted by Gasteiger charge is 2.40. The van der Waals surface area contributed by atoms with Gasteiger partial charge in [-0.3, -0.25) is 0 Å². The fourth-order valence-electron chi connectivity index (χ4n) is 2.78. The van der Waals surface area contributed by atoms with Gasteiger partial charge < -0.3 is 15.2 Å². The zero-order valence-corrected chi connectivity index (χ0v) is 9.83. The van der Waals surface area contributed by atoms with Crippen molar-refractivity contribution >= 4 is 0 Å². The Hall–Kier alpha value is -0.120. The van der Waals surface area contributed by atoms with E-state index in [4.69, 9.17) is 4.74 Å². The van der Waals surface area contributed by atoms with Crippen LogP contribution in [0.3, 0.4) is 0 Å². The van der Waals surface area contributed by atoms with Crippen LogP contribution in [-0.4, -0.2) is 36.0 Å². The quantitative estimate of drug-likeness (QED) is 0.742. The minimum atomic E-state index is -0.436. The first kappa shape index (κ1) is 11.4. The molecule has 2 unspecified atom stereocenters. The molecule has 0 amide bonds. The molecule has 2 heterocycles. The van der Waals surface area contributed by atoms with Gasteiger partial charge >= 0.3 is 0 Å². The Bertz CT molecular complexity index is 206. The first-order valence-corrected chi connectivity index (χ1v) is 6.13. The lowest BCUT2D eigenvalue weighted by atomic mass is 9.79. The van der Waals surface area contributed by atoms with Crippen molar-refractivity contribution in [3.63, 3.8) is 0 Å². The molecular formula is C12H23NO2. The van der Waals surface area contributed by atoms with Crippen LogP contribution in [0.1, 0.15) is 39.5 Å². The predicted molar refractivity (Wildman–Crippen MR) is 59.8 cm³/mol. The lowest BCUT2D eigenvalue weighted by molar-refractivity contribution is -0.0818. The predicted octanol–water partition coefficient (Wildman–Crippen LogP) is 1.30. The fraction of sp³-hybridized carbons (Fsp3) is 1.00. The van der Waals surface area contributed by atoms with Crippen LogP contribution in [0, 0.1) is 5.92 Å². The minimum absolute atomic E-state index is 0.370. The molecule has 0 spiro atoms. The molecular weight excluding hydrogens is 190 g/mol. The van der Waals surface area contributed by atoms with Crippen LogP contribution in [0.25, 0.3) is 0 Å². The van der Waals surface area contributed by atoms with Crippen LogP contribution in [0.4, 0.5) is 0 Å². The Morgan fingerprint density at radius 3 is 2.47 bits per heavy atom. The maximum atomic E-state index is 10.5. The molecule has 0 saturated carbocycles. The Morgan fingerprint density at radius 2 is 1.93 bits per heavy atom. The fourth-order valence-corrected chi connectivity index (χ4v) is 2.78.